The Morgan fingerprint density at radius 3 is 2.40 bits per heavy atom. The molecule has 2 aromatic rings. The molecular weight excluding hydrogens is 321 g/mol. The van der Waals surface area contributed by atoms with Gasteiger partial charge in [0.25, 0.3) is 0 Å². The highest BCUT2D eigenvalue weighted by Crippen LogP contribution is 2.29. The molecule has 2 aromatic carbocycles. The Labute approximate surface area is 147 Å². The number of nitrogens with two attached hydrogens (primary N) is 1. The Morgan fingerprint density at radius 2 is 1.84 bits per heavy atom. The second kappa shape index (κ2) is 8.23. The number of rotatable bonds is 8. The third kappa shape index (κ3) is 4.87. The first kappa shape index (κ1) is 19.1. The van der Waals surface area contributed by atoms with Gasteiger partial charge in [0.05, 0.1) is 5.41 Å². The number of aliphatic hydroxyl groups excluding tert-OH is 1. The van der Waals surface area contributed by atoms with E-state index in [9.17, 15) is 14.3 Å². The van der Waals surface area contributed by atoms with Crippen LogP contribution in [0.3, 0.4) is 0 Å². The van der Waals surface area contributed by atoms with E-state index in [-0.39, 0.29) is 31.3 Å². The molecule has 0 saturated heterocycles. The quantitative estimate of drug-likeness (QED) is 0.686. The molecule has 4 N–H and O–H groups in total. The first-order valence-electron chi connectivity index (χ1n) is 8.29. The molecule has 0 radical (unpaired) electrons. The van der Waals surface area contributed by atoms with Crippen LogP contribution in [0.4, 0.5) is 4.39 Å². The average Bonchev–Trinajstić information content (AvgIpc) is 2.56. The number of aliphatic carboxylic acids is 1. The SMILES string of the molecule is CC(CCO)(C[C@H](N)Cc1ccc(-c2ccccc2F)cc1)C(=O)O. The minimum absolute atomic E-state index is 0.169. The molecule has 2 atom stereocenters. The van der Waals surface area contributed by atoms with Crippen LogP contribution >= 0.6 is 0 Å². The molecule has 0 amide bonds. The summed E-state index contributed by atoms with van der Waals surface area (Å²) in [5.74, 6) is -1.22. The van der Waals surface area contributed by atoms with Crippen molar-refractivity contribution in [1.82, 2.24) is 0 Å². The Bertz CT molecular complexity index is 717. The molecule has 0 aliphatic carbocycles. The fraction of sp³-hybridized carbons (Fsp3) is 0.350. The second-order valence-electron chi connectivity index (χ2n) is 6.68. The lowest BCUT2D eigenvalue weighted by Gasteiger charge is -2.27. The maximum Gasteiger partial charge on any atom is 0.309 e. The summed E-state index contributed by atoms with van der Waals surface area (Å²) in [4.78, 5) is 11.4. The summed E-state index contributed by atoms with van der Waals surface area (Å²) in [6.45, 7) is 1.42. The highest BCUT2D eigenvalue weighted by atomic mass is 19.1. The van der Waals surface area contributed by atoms with E-state index in [2.05, 4.69) is 0 Å². The minimum Gasteiger partial charge on any atom is -0.481 e. The maximum absolute atomic E-state index is 13.8. The molecule has 134 valence electrons. The van der Waals surface area contributed by atoms with E-state index in [0.717, 1.165) is 11.1 Å². The number of halogens is 1. The number of carbonyl (C=O) groups is 1. The van der Waals surface area contributed by atoms with Gasteiger partial charge in [-0.2, -0.15) is 0 Å². The zero-order chi connectivity index (χ0) is 18.4. The summed E-state index contributed by atoms with van der Waals surface area (Å²) in [7, 11) is 0. The molecule has 0 bridgehead atoms. The van der Waals surface area contributed by atoms with Crippen molar-refractivity contribution in [1.29, 1.82) is 0 Å². The van der Waals surface area contributed by atoms with Crippen LogP contribution in [0.5, 0.6) is 0 Å². The van der Waals surface area contributed by atoms with Gasteiger partial charge in [-0.25, -0.2) is 4.39 Å². The highest BCUT2D eigenvalue weighted by molar-refractivity contribution is 5.74. The summed E-state index contributed by atoms with van der Waals surface area (Å²) in [5.41, 5.74) is 7.37. The lowest BCUT2D eigenvalue weighted by atomic mass is 9.79. The molecule has 0 aromatic heterocycles. The fourth-order valence-corrected chi connectivity index (χ4v) is 3.01. The van der Waals surface area contributed by atoms with Crippen molar-refractivity contribution in [2.24, 2.45) is 11.1 Å². The zero-order valence-corrected chi connectivity index (χ0v) is 14.3. The Morgan fingerprint density at radius 1 is 1.20 bits per heavy atom. The maximum atomic E-state index is 13.8. The van der Waals surface area contributed by atoms with Crippen LogP contribution in [-0.2, 0) is 11.2 Å². The van der Waals surface area contributed by atoms with E-state index in [1.807, 2.05) is 24.3 Å². The van der Waals surface area contributed by atoms with Gasteiger partial charge in [0.1, 0.15) is 5.82 Å². The van der Waals surface area contributed by atoms with Gasteiger partial charge in [0.15, 0.2) is 0 Å². The van der Waals surface area contributed by atoms with Crippen LogP contribution in [0.2, 0.25) is 0 Å². The van der Waals surface area contributed by atoms with Crippen LogP contribution in [0, 0.1) is 11.2 Å². The van der Waals surface area contributed by atoms with Crippen LogP contribution in [0.25, 0.3) is 11.1 Å². The normalized spacial score (nSPS) is 14.7. The van der Waals surface area contributed by atoms with E-state index in [0.29, 0.717) is 12.0 Å². The first-order chi connectivity index (χ1) is 11.9. The molecule has 5 heteroatoms. The van der Waals surface area contributed by atoms with Gasteiger partial charge < -0.3 is 15.9 Å². The van der Waals surface area contributed by atoms with Crippen molar-refractivity contribution < 1.29 is 19.4 Å². The number of carboxylic acids is 1. The Balaban J connectivity index is 2.06. The van der Waals surface area contributed by atoms with Gasteiger partial charge >= 0.3 is 5.97 Å². The molecule has 0 fully saturated rings. The van der Waals surface area contributed by atoms with Crippen LogP contribution < -0.4 is 5.73 Å². The van der Waals surface area contributed by atoms with Crippen LogP contribution in [0.15, 0.2) is 48.5 Å². The number of carboxylic acid groups (broad SMARTS) is 1. The largest absolute Gasteiger partial charge is 0.481 e. The summed E-state index contributed by atoms with van der Waals surface area (Å²) in [5, 5.41) is 18.4. The number of hydrogen-bond acceptors (Lipinski definition) is 3. The van der Waals surface area contributed by atoms with Crippen molar-refractivity contribution in [3.05, 3.63) is 59.9 Å². The van der Waals surface area contributed by atoms with E-state index in [1.165, 1.54) is 6.07 Å². The number of aliphatic hydroxyl groups is 1. The average molecular weight is 345 g/mol. The van der Waals surface area contributed by atoms with Crippen molar-refractivity contribution in [3.8, 4) is 11.1 Å². The molecule has 0 aliphatic heterocycles. The van der Waals surface area contributed by atoms with E-state index >= 15 is 0 Å². The molecule has 2 rings (SSSR count). The Hall–Kier alpha value is -2.24. The van der Waals surface area contributed by atoms with Crippen molar-refractivity contribution in [3.63, 3.8) is 0 Å². The molecule has 25 heavy (non-hydrogen) atoms. The standard InChI is InChI=1S/C20H24FNO3/c1-20(10-11-23,19(24)25)13-16(22)12-14-6-8-15(9-7-14)17-4-2-3-5-18(17)21/h2-9,16,23H,10-13,22H2,1H3,(H,24,25)/t16-,20?/m1/s1. The van der Waals surface area contributed by atoms with Gasteiger partial charge in [0.2, 0.25) is 0 Å². The summed E-state index contributed by atoms with van der Waals surface area (Å²) in [6, 6.07) is 13.7. The molecular formula is C20H24FNO3. The zero-order valence-electron chi connectivity index (χ0n) is 14.3. The van der Waals surface area contributed by atoms with Gasteiger partial charge in [-0.1, -0.05) is 42.5 Å². The highest BCUT2D eigenvalue weighted by Gasteiger charge is 2.34. The summed E-state index contributed by atoms with van der Waals surface area (Å²) < 4.78 is 13.8. The van der Waals surface area contributed by atoms with Crippen molar-refractivity contribution >= 4 is 5.97 Å². The third-order valence-electron chi connectivity index (χ3n) is 4.53. The number of hydrogen-bond donors (Lipinski definition) is 3. The predicted molar refractivity (Wildman–Crippen MR) is 95.6 cm³/mol. The summed E-state index contributed by atoms with van der Waals surface area (Å²) in [6.07, 6.45) is 0.964. The first-order valence-corrected chi connectivity index (χ1v) is 8.29. The topological polar surface area (TPSA) is 83.5 Å². The molecule has 0 saturated carbocycles. The lowest BCUT2D eigenvalue weighted by molar-refractivity contribution is -0.149. The molecule has 0 spiro atoms. The molecule has 0 aliphatic rings. The van der Waals surface area contributed by atoms with Gasteiger partial charge in [0, 0.05) is 18.2 Å². The Kier molecular flexibility index (Phi) is 6.28. The summed E-state index contributed by atoms with van der Waals surface area (Å²) >= 11 is 0. The number of benzene rings is 2. The molecule has 1 unspecified atom stereocenters. The van der Waals surface area contributed by atoms with Crippen molar-refractivity contribution in [2.45, 2.75) is 32.2 Å². The predicted octanol–water partition coefficient (Wildman–Crippen LogP) is 3.23. The molecule has 0 heterocycles. The van der Waals surface area contributed by atoms with Crippen LogP contribution in [-0.4, -0.2) is 28.8 Å². The van der Waals surface area contributed by atoms with E-state index in [1.54, 1.807) is 25.1 Å². The minimum atomic E-state index is -1.04. The van der Waals surface area contributed by atoms with Crippen molar-refractivity contribution in [2.75, 3.05) is 6.61 Å². The van der Waals surface area contributed by atoms with Crippen LogP contribution in [0.1, 0.15) is 25.3 Å². The van der Waals surface area contributed by atoms with E-state index < -0.39 is 11.4 Å². The van der Waals surface area contributed by atoms with Gasteiger partial charge in [-0.05, 0) is 43.4 Å². The molecule has 4 nitrogen and oxygen atoms in total. The van der Waals surface area contributed by atoms with Gasteiger partial charge in [-0.15, -0.1) is 0 Å². The van der Waals surface area contributed by atoms with Gasteiger partial charge in [-0.3, -0.25) is 4.79 Å². The lowest BCUT2D eigenvalue weighted by Crippen LogP contribution is -2.37. The monoisotopic (exact) mass is 345 g/mol. The van der Waals surface area contributed by atoms with E-state index in [4.69, 9.17) is 10.8 Å². The fourth-order valence-electron chi connectivity index (χ4n) is 3.01. The third-order valence-corrected chi connectivity index (χ3v) is 4.53. The smallest absolute Gasteiger partial charge is 0.309 e. The second-order valence-corrected chi connectivity index (χ2v) is 6.68.